The maximum Gasteiger partial charge on any atom is 0.230 e. The fourth-order valence-corrected chi connectivity index (χ4v) is 4.38. The van der Waals surface area contributed by atoms with E-state index in [1.165, 1.54) is 11.1 Å². The second-order valence-corrected chi connectivity index (χ2v) is 7.77. The monoisotopic (exact) mass is 368 g/mol. The van der Waals surface area contributed by atoms with Crippen LogP contribution >= 0.6 is 11.6 Å². The number of para-hydroxylation sites is 1. The largest absolute Gasteiger partial charge is 0.312 e. The topological polar surface area (TPSA) is 23.6 Å². The molecule has 1 amide bonds. The van der Waals surface area contributed by atoms with E-state index in [1.54, 1.807) is 0 Å². The van der Waals surface area contributed by atoms with Gasteiger partial charge in [0, 0.05) is 29.7 Å². The average Bonchev–Trinajstić information content (AvgIpc) is 2.69. The maximum absolute atomic E-state index is 13.1. The van der Waals surface area contributed by atoms with Crippen LogP contribution in [0.2, 0.25) is 5.02 Å². The van der Waals surface area contributed by atoms with Gasteiger partial charge in [0.2, 0.25) is 5.91 Å². The lowest BCUT2D eigenvalue weighted by atomic mass is 9.93. The van der Waals surface area contributed by atoms with Crippen LogP contribution in [0.25, 0.3) is 0 Å². The van der Waals surface area contributed by atoms with Gasteiger partial charge in [-0.15, -0.1) is 0 Å². The summed E-state index contributed by atoms with van der Waals surface area (Å²) in [7, 11) is 0. The predicted octanol–water partition coefficient (Wildman–Crippen LogP) is 4.53. The number of rotatable bonds is 3. The molecular formula is C22H25ClN2O. The minimum absolute atomic E-state index is 0.142. The molecule has 4 rings (SSSR count). The van der Waals surface area contributed by atoms with E-state index in [1.807, 2.05) is 29.2 Å². The average molecular weight is 369 g/mol. The first kappa shape index (κ1) is 17.6. The summed E-state index contributed by atoms with van der Waals surface area (Å²) in [6.07, 6.45) is 4.01. The zero-order chi connectivity index (χ0) is 17.9. The molecule has 4 heteroatoms. The summed E-state index contributed by atoms with van der Waals surface area (Å²) in [5.74, 6) is 0.457. The quantitative estimate of drug-likeness (QED) is 0.794. The summed E-state index contributed by atoms with van der Waals surface area (Å²) >= 11 is 6.28. The lowest BCUT2D eigenvalue weighted by molar-refractivity contribution is -0.123. The number of anilines is 1. The van der Waals surface area contributed by atoms with Crippen molar-refractivity contribution in [2.45, 2.75) is 32.2 Å². The molecule has 1 fully saturated rings. The minimum atomic E-state index is 0.142. The molecule has 0 spiro atoms. The number of halogens is 1. The molecule has 2 aliphatic rings. The second kappa shape index (κ2) is 7.81. The molecule has 0 bridgehead atoms. The Morgan fingerprint density at radius 1 is 1.00 bits per heavy atom. The Kier molecular flexibility index (Phi) is 5.28. The van der Waals surface area contributed by atoms with Crippen LogP contribution in [-0.2, 0) is 17.8 Å². The Morgan fingerprint density at radius 2 is 1.73 bits per heavy atom. The minimum Gasteiger partial charge on any atom is -0.312 e. The van der Waals surface area contributed by atoms with E-state index in [0.717, 1.165) is 62.6 Å². The summed E-state index contributed by atoms with van der Waals surface area (Å²) in [6, 6.07) is 16.4. The van der Waals surface area contributed by atoms with Gasteiger partial charge in [0.25, 0.3) is 0 Å². The molecule has 0 aliphatic carbocycles. The number of benzene rings is 2. The molecule has 26 heavy (non-hydrogen) atoms. The standard InChI is InChI=1S/C22H25ClN2O/c23-20-9-3-1-7-19(20)16-24-14-11-18(12-15-24)22(26)25-13-5-8-17-6-2-4-10-21(17)25/h1-4,6-7,9-10,18H,5,8,11-16H2. The van der Waals surface area contributed by atoms with E-state index in [-0.39, 0.29) is 5.92 Å². The Balaban J connectivity index is 1.38. The molecule has 0 atom stereocenters. The van der Waals surface area contributed by atoms with E-state index in [4.69, 9.17) is 11.6 Å². The molecule has 0 unspecified atom stereocenters. The molecule has 2 aromatic rings. The van der Waals surface area contributed by atoms with Gasteiger partial charge in [-0.05, 0) is 62.0 Å². The van der Waals surface area contributed by atoms with Gasteiger partial charge in [-0.3, -0.25) is 9.69 Å². The SMILES string of the molecule is O=C(C1CCN(Cc2ccccc2Cl)CC1)N1CCCc2ccccc21. The van der Waals surface area contributed by atoms with E-state index in [0.29, 0.717) is 5.91 Å². The van der Waals surface area contributed by atoms with Crippen molar-refractivity contribution in [2.24, 2.45) is 5.92 Å². The summed E-state index contributed by atoms with van der Waals surface area (Å²) in [5.41, 5.74) is 3.61. The molecule has 2 aliphatic heterocycles. The maximum atomic E-state index is 13.1. The lowest BCUT2D eigenvalue weighted by Crippen LogP contribution is -2.44. The van der Waals surface area contributed by atoms with Crippen molar-refractivity contribution >= 4 is 23.2 Å². The Hall–Kier alpha value is -1.84. The number of piperidine rings is 1. The number of amides is 1. The Labute approximate surface area is 160 Å². The van der Waals surface area contributed by atoms with E-state index in [9.17, 15) is 4.79 Å². The van der Waals surface area contributed by atoms with Crippen LogP contribution in [0.5, 0.6) is 0 Å². The smallest absolute Gasteiger partial charge is 0.230 e. The molecular weight excluding hydrogens is 344 g/mol. The number of hydrogen-bond acceptors (Lipinski definition) is 2. The molecule has 136 valence electrons. The van der Waals surface area contributed by atoms with Crippen LogP contribution in [0.4, 0.5) is 5.69 Å². The third-order valence-electron chi connectivity index (χ3n) is 5.66. The first-order valence-electron chi connectivity index (χ1n) is 9.57. The van der Waals surface area contributed by atoms with Gasteiger partial charge in [0.05, 0.1) is 0 Å². The van der Waals surface area contributed by atoms with E-state index < -0.39 is 0 Å². The highest BCUT2D eigenvalue weighted by molar-refractivity contribution is 6.31. The van der Waals surface area contributed by atoms with Gasteiger partial charge in [-0.1, -0.05) is 48.0 Å². The van der Waals surface area contributed by atoms with Crippen LogP contribution in [0.3, 0.4) is 0 Å². The first-order chi connectivity index (χ1) is 12.7. The molecule has 2 aromatic carbocycles. The lowest BCUT2D eigenvalue weighted by Gasteiger charge is -2.36. The summed E-state index contributed by atoms with van der Waals surface area (Å²) < 4.78 is 0. The van der Waals surface area contributed by atoms with Gasteiger partial charge in [0.1, 0.15) is 0 Å². The summed E-state index contributed by atoms with van der Waals surface area (Å²) in [4.78, 5) is 17.6. The van der Waals surface area contributed by atoms with Gasteiger partial charge in [0.15, 0.2) is 0 Å². The summed E-state index contributed by atoms with van der Waals surface area (Å²) in [6.45, 7) is 3.64. The van der Waals surface area contributed by atoms with Crippen LogP contribution < -0.4 is 4.90 Å². The van der Waals surface area contributed by atoms with Crippen LogP contribution in [0.1, 0.15) is 30.4 Å². The van der Waals surface area contributed by atoms with Crippen molar-refractivity contribution in [2.75, 3.05) is 24.5 Å². The predicted molar refractivity (Wildman–Crippen MR) is 107 cm³/mol. The first-order valence-corrected chi connectivity index (χ1v) is 9.95. The molecule has 0 N–H and O–H groups in total. The van der Waals surface area contributed by atoms with Crippen molar-refractivity contribution < 1.29 is 4.79 Å². The highest BCUT2D eigenvalue weighted by Gasteiger charge is 2.31. The fraction of sp³-hybridized carbons (Fsp3) is 0.409. The van der Waals surface area contributed by atoms with Crippen molar-refractivity contribution in [1.29, 1.82) is 0 Å². The Bertz CT molecular complexity index is 783. The molecule has 0 aromatic heterocycles. The van der Waals surface area contributed by atoms with Gasteiger partial charge in [-0.25, -0.2) is 0 Å². The van der Waals surface area contributed by atoms with Crippen molar-refractivity contribution in [3.8, 4) is 0 Å². The molecule has 2 heterocycles. The number of carbonyl (C=O) groups excluding carboxylic acids is 1. The fourth-order valence-electron chi connectivity index (χ4n) is 4.19. The number of aryl methyl sites for hydroxylation is 1. The molecule has 1 saturated heterocycles. The van der Waals surface area contributed by atoms with Crippen LogP contribution in [0, 0.1) is 5.92 Å². The number of nitrogens with zero attached hydrogens (tertiary/aromatic N) is 2. The third kappa shape index (κ3) is 3.65. The molecule has 0 radical (unpaired) electrons. The number of carbonyl (C=O) groups is 1. The zero-order valence-electron chi connectivity index (χ0n) is 15.0. The van der Waals surface area contributed by atoms with Gasteiger partial charge >= 0.3 is 0 Å². The summed E-state index contributed by atoms with van der Waals surface area (Å²) in [5, 5.41) is 0.829. The van der Waals surface area contributed by atoms with Crippen molar-refractivity contribution in [3.63, 3.8) is 0 Å². The van der Waals surface area contributed by atoms with Crippen LogP contribution in [0.15, 0.2) is 48.5 Å². The normalized spacial score (nSPS) is 18.6. The van der Waals surface area contributed by atoms with Crippen LogP contribution in [-0.4, -0.2) is 30.4 Å². The molecule has 0 saturated carbocycles. The van der Waals surface area contributed by atoms with E-state index >= 15 is 0 Å². The van der Waals surface area contributed by atoms with Crippen molar-refractivity contribution in [1.82, 2.24) is 4.90 Å². The number of fused-ring (bicyclic) bond motifs is 1. The van der Waals surface area contributed by atoms with Gasteiger partial charge < -0.3 is 4.90 Å². The highest BCUT2D eigenvalue weighted by Crippen LogP contribution is 2.30. The Morgan fingerprint density at radius 3 is 2.54 bits per heavy atom. The second-order valence-electron chi connectivity index (χ2n) is 7.36. The van der Waals surface area contributed by atoms with Crippen molar-refractivity contribution in [3.05, 3.63) is 64.7 Å². The number of likely N-dealkylation sites (tertiary alicyclic amines) is 1. The zero-order valence-corrected chi connectivity index (χ0v) is 15.8. The molecule has 3 nitrogen and oxygen atoms in total. The van der Waals surface area contributed by atoms with E-state index in [2.05, 4.69) is 29.2 Å². The highest BCUT2D eigenvalue weighted by atomic mass is 35.5. The number of hydrogen-bond donors (Lipinski definition) is 0. The third-order valence-corrected chi connectivity index (χ3v) is 6.03. The van der Waals surface area contributed by atoms with Gasteiger partial charge in [-0.2, -0.15) is 0 Å².